The molecule has 0 spiro atoms. The van der Waals surface area contributed by atoms with E-state index in [9.17, 15) is 19.0 Å². The lowest BCUT2D eigenvalue weighted by atomic mass is 10.0. The van der Waals surface area contributed by atoms with Crippen molar-refractivity contribution >= 4 is 18.9 Å². The van der Waals surface area contributed by atoms with Crippen LogP contribution in [-0.4, -0.2) is 82.8 Å². The molecule has 0 bridgehead atoms. The third kappa shape index (κ3) is 5.48. The van der Waals surface area contributed by atoms with Crippen molar-refractivity contribution in [3.05, 3.63) is 23.2 Å². The van der Waals surface area contributed by atoms with E-state index in [4.69, 9.17) is 0 Å². The molecule has 8 heteroatoms. The molecule has 0 aromatic carbocycles. The summed E-state index contributed by atoms with van der Waals surface area (Å²) in [5.74, 6) is 0.0485. The zero-order chi connectivity index (χ0) is 20.3. The molecule has 3 heterocycles. The van der Waals surface area contributed by atoms with Gasteiger partial charge in [0.15, 0.2) is 0 Å². The number of nitrogens with zero attached hydrogens (tertiary/aromatic N) is 3. The highest BCUT2D eigenvalue weighted by atomic mass is 31.2. The van der Waals surface area contributed by atoms with Gasteiger partial charge in [0.2, 0.25) is 18.9 Å². The molecule has 0 aromatic rings. The number of unbranched alkanes of at least 4 members (excludes halogenated alkanes) is 2. The Morgan fingerprint density at radius 2 is 1.32 bits per heavy atom. The Bertz CT molecular complexity index is 722. The van der Waals surface area contributed by atoms with Crippen molar-refractivity contribution in [1.29, 1.82) is 0 Å². The first-order chi connectivity index (χ1) is 13.4. The SMILES string of the molecule is CCCCP(=O)(O)CCCC.O=C1C=C(N2CC2)C(=O)C(N2CC2)=C1N1CC1. The summed E-state index contributed by atoms with van der Waals surface area (Å²) in [5.41, 5.74) is 1.89. The molecule has 3 fully saturated rings. The van der Waals surface area contributed by atoms with Crippen LogP contribution in [0, 0.1) is 0 Å². The summed E-state index contributed by atoms with van der Waals surface area (Å²) in [5, 5.41) is 0. The van der Waals surface area contributed by atoms with Crippen molar-refractivity contribution in [2.45, 2.75) is 39.5 Å². The lowest BCUT2D eigenvalue weighted by molar-refractivity contribution is -0.117. The van der Waals surface area contributed by atoms with E-state index in [1.54, 1.807) is 0 Å². The molecular weight excluding hydrogens is 377 g/mol. The van der Waals surface area contributed by atoms with E-state index in [0.717, 1.165) is 65.0 Å². The van der Waals surface area contributed by atoms with Gasteiger partial charge in [0.05, 0.1) is 5.70 Å². The fourth-order valence-corrected chi connectivity index (χ4v) is 5.04. The highest BCUT2D eigenvalue weighted by Gasteiger charge is 2.43. The van der Waals surface area contributed by atoms with Crippen LogP contribution in [-0.2, 0) is 14.2 Å². The molecule has 28 heavy (non-hydrogen) atoms. The third-order valence-electron chi connectivity index (χ3n) is 5.21. The van der Waals surface area contributed by atoms with Crippen LogP contribution in [0.25, 0.3) is 0 Å². The quantitative estimate of drug-likeness (QED) is 0.355. The zero-order valence-electron chi connectivity index (χ0n) is 17.0. The fraction of sp³-hybridized carbons (Fsp3) is 0.700. The maximum absolute atomic E-state index is 12.4. The molecule has 3 saturated heterocycles. The number of carbonyl (C=O) groups is 2. The summed E-state index contributed by atoms with van der Waals surface area (Å²) in [6, 6.07) is 0. The van der Waals surface area contributed by atoms with E-state index >= 15 is 0 Å². The Labute approximate surface area is 167 Å². The van der Waals surface area contributed by atoms with E-state index in [0.29, 0.717) is 29.4 Å². The second kappa shape index (κ2) is 8.83. The van der Waals surface area contributed by atoms with Gasteiger partial charge in [-0.15, -0.1) is 0 Å². The number of carbonyl (C=O) groups excluding carboxylic acids is 2. The Morgan fingerprint density at radius 1 is 0.857 bits per heavy atom. The lowest BCUT2D eigenvalue weighted by Crippen LogP contribution is -2.29. The van der Waals surface area contributed by atoms with Crippen LogP contribution in [0.15, 0.2) is 23.2 Å². The van der Waals surface area contributed by atoms with Crippen LogP contribution in [0.3, 0.4) is 0 Å². The van der Waals surface area contributed by atoms with Crippen molar-refractivity contribution in [2.24, 2.45) is 0 Å². The second-order valence-corrected chi connectivity index (χ2v) is 10.5. The van der Waals surface area contributed by atoms with Gasteiger partial charge < -0.3 is 19.6 Å². The number of ketones is 2. The number of allylic oxidation sites excluding steroid dienone is 1. The molecule has 0 amide bonds. The molecule has 3 aliphatic heterocycles. The summed E-state index contributed by atoms with van der Waals surface area (Å²) >= 11 is 0. The average Bonchev–Trinajstić information content (AvgIpc) is 3.48. The van der Waals surface area contributed by atoms with E-state index in [2.05, 4.69) is 0 Å². The van der Waals surface area contributed by atoms with E-state index in [1.165, 1.54) is 6.08 Å². The average molecular weight is 409 g/mol. The largest absolute Gasteiger partial charge is 0.365 e. The minimum Gasteiger partial charge on any atom is -0.365 e. The summed E-state index contributed by atoms with van der Waals surface area (Å²) in [6.45, 7) is 9.49. The topological polar surface area (TPSA) is 80.5 Å². The van der Waals surface area contributed by atoms with E-state index in [1.807, 2.05) is 28.5 Å². The summed E-state index contributed by atoms with van der Waals surface area (Å²) in [7, 11) is -2.73. The molecule has 0 saturated carbocycles. The summed E-state index contributed by atoms with van der Waals surface area (Å²) in [4.78, 5) is 39.8. The Kier molecular flexibility index (Phi) is 6.66. The standard InChI is InChI=1S/C12H13N3O2.C8H19O2P/c16-9-7-8(13-1-2-13)12(17)11(15-5-6-15)10(9)14-3-4-14;1-3-5-7-11(9,10)8-6-4-2/h7H,1-6H2;3-8H2,1-2H3,(H,9,10). The minimum absolute atomic E-state index is 0.00546. The fourth-order valence-electron chi connectivity index (χ4n) is 3.20. The predicted octanol–water partition coefficient (Wildman–Crippen LogP) is 2.04. The lowest BCUT2D eigenvalue weighted by Gasteiger charge is -2.21. The minimum atomic E-state index is -2.73. The molecule has 4 aliphatic rings. The highest BCUT2D eigenvalue weighted by molar-refractivity contribution is 7.57. The summed E-state index contributed by atoms with van der Waals surface area (Å²) < 4.78 is 11.3. The maximum Gasteiger partial charge on any atom is 0.227 e. The van der Waals surface area contributed by atoms with Gasteiger partial charge in [-0.3, -0.25) is 14.2 Å². The Hall–Kier alpha value is -1.59. The molecule has 7 nitrogen and oxygen atoms in total. The number of hydrogen-bond donors (Lipinski definition) is 1. The van der Waals surface area contributed by atoms with Crippen LogP contribution in [0.2, 0.25) is 0 Å². The maximum atomic E-state index is 12.4. The summed E-state index contributed by atoms with van der Waals surface area (Å²) in [6.07, 6.45) is 6.35. The van der Waals surface area contributed by atoms with Crippen molar-refractivity contribution < 1.29 is 19.0 Å². The molecule has 0 unspecified atom stereocenters. The third-order valence-corrected chi connectivity index (χ3v) is 7.24. The molecule has 0 aromatic heterocycles. The molecule has 0 atom stereocenters. The van der Waals surface area contributed by atoms with E-state index < -0.39 is 7.37 Å². The number of rotatable bonds is 9. The van der Waals surface area contributed by atoms with Crippen LogP contribution in [0.5, 0.6) is 0 Å². The first-order valence-corrected chi connectivity index (χ1v) is 12.5. The Morgan fingerprint density at radius 3 is 1.75 bits per heavy atom. The monoisotopic (exact) mass is 409 g/mol. The smallest absolute Gasteiger partial charge is 0.227 e. The van der Waals surface area contributed by atoms with Crippen LogP contribution < -0.4 is 0 Å². The highest BCUT2D eigenvalue weighted by Crippen LogP contribution is 2.42. The molecule has 156 valence electrons. The van der Waals surface area contributed by atoms with E-state index in [-0.39, 0.29) is 11.6 Å². The molecule has 4 rings (SSSR count). The van der Waals surface area contributed by atoms with Gasteiger partial charge in [-0.25, -0.2) is 0 Å². The van der Waals surface area contributed by atoms with Gasteiger partial charge in [-0.05, 0) is 12.8 Å². The van der Waals surface area contributed by atoms with Gasteiger partial charge in [0.25, 0.3) is 0 Å². The molecule has 1 aliphatic carbocycles. The predicted molar refractivity (Wildman–Crippen MR) is 109 cm³/mol. The molecule has 0 radical (unpaired) electrons. The van der Waals surface area contributed by atoms with Gasteiger partial charge in [0, 0.05) is 57.7 Å². The van der Waals surface area contributed by atoms with Gasteiger partial charge in [0.1, 0.15) is 11.4 Å². The molecular formula is C20H32N3O4P. The number of Topliss-reactive ketones (excluding diaryl/α,β-unsaturated/α-hetero) is 1. The van der Waals surface area contributed by atoms with Gasteiger partial charge >= 0.3 is 0 Å². The van der Waals surface area contributed by atoms with Crippen molar-refractivity contribution in [1.82, 2.24) is 14.7 Å². The van der Waals surface area contributed by atoms with Gasteiger partial charge in [-0.1, -0.05) is 26.7 Å². The van der Waals surface area contributed by atoms with Crippen molar-refractivity contribution in [3.8, 4) is 0 Å². The normalized spacial score (nSPS) is 20.8. The van der Waals surface area contributed by atoms with Crippen LogP contribution >= 0.6 is 7.37 Å². The van der Waals surface area contributed by atoms with Gasteiger partial charge in [-0.2, -0.15) is 0 Å². The Balaban J connectivity index is 0.000000180. The van der Waals surface area contributed by atoms with Crippen LogP contribution in [0.1, 0.15) is 39.5 Å². The molecule has 1 N–H and O–H groups in total. The zero-order valence-corrected chi connectivity index (χ0v) is 17.9. The van der Waals surface area contributed by atoms with Crippen molar-refractivity contribution in [2.75, 3.05) is 51.6 Å². The second-order valence-electron chi connectivity index (χ2n) is 7.88. The number of hydrogen-bond acceptors (Lipinski definition) is 6. The first-order valence-electron chi connectivity index (χ1n) is 10.5. The van der Waals surface area contributed by atoms with Crippen LogP contribution in [0.4, 0.5) is 0 Å². The van der Waals surface area contributed by atoms with Crippen molar-refractivity contribution in [3.63, 3.8) is 0 Å². The first kappa shape index (κ1) is 21.1.